The van der Waals surface area contributed by atoms with Gasteiger partial charge in [0.2, 0.25) is 0 Å². The molecule has 0 aliphatic carbocycles. The molecule has 0 fully saturated rings. The summed E-state index contributed by atoms with van der Waals surface area (Å²) < 4.78 is 40.0. The molecule has 8 heteroatoms. The van der Waals surface area contributed by atoms with Crippen LogP contribution in [0.1, 0.15) is 17.0 Å². The number of alkyl halides is 3. The lowest BCUT2D eigenvalue weighted by Crippen LogP contribution is -2.33. The molecule has 3 heterocycles. The first kappa shape index (κ1) is 16.7. The topological polar surface area (TPSA) is 46.8 Å². The van der Waals surface area contributed by atoms with Crippen LogP contribution in [0.3, 0.4) is 0 Å². The molecule has 1 aliphatic rings. The maximum absolute atomic E-state index is 12.7. The van der Waals surface area contributed by atoms with Gasteiger partial charge >= 0.3 is 6.18 Å². The molecule has 2 aromatic heterocycles. The Bertz CT molecular complexity index is 887. The van der Waals surface area contributed by atoms with Crippen molar-refractivity contribution in [1.29, 1.82) is 0 Å². The highest BCUT2D eigenvalue weighted by atomic mass is 19.4. The highest BCUT2D eigenvalue weighted by Crippen LogP contribution is 2.29. The second-order valence-electron chi connectivity index (χ2n) is 6.23. The van der Waals surface area contributed by atoms with Crippen molar-refractivity contribution in [2.45, 2.75) is 25.8 Å². The number of halogens is 3. The zero-order valence-electron chi connectivity index (χ0n) is 13.8. The van der Waals surface area contributed by atoms with Gasteiger partial charge in [0.25, 0.3) is 0 Å². The van der Waals surface area contributed by atoms with E-state index >= 15 is 0 Å². The smallest absolute Gasteiger partial charge is 0.309 e. The standard InChI is InChI=1S/C18H16F3N5/c19-18(20,21)15-3-1-13(2-4-15)11-25-9-10-26-16(12-25)23-24-17(26)14-5-7-22-8-6-14/h1-8H,9-12H2. The number of nitrogens with zero attached hydrogens (tertiary/aromatic N) is 5. The lowest BCUT2D eigenvalue weighted by Gasteiger charge is -2.27. The Morgan fingerprint density at radius 3 is 2.35 bits per heavy atom. The third-order valence-corrected chi connectivity index (χ3v) is 4.46. The average molecular weight is 359 g/mol. The largest absolute Gasteiger partial charge is 0.416 e. The molecule has 1 aliphatic heterocycles. The molecular formula is C18H16F3N5. The van der Waals surface area contributed by atoms with Crippen molar-refractivity contribution >= 4 is 0 Å². The molecule has 0 radical (unpaired) electrons. The first-order valence-corrected chi connectivity index (χ1v) is 8.22. The molecule has 0 saturated carbocycles. The van der Waals surface area contributed by atoms with Gasteiger partial charge < -0.3 is 4.57 Å². The monoisotopic (exact) mass is 359 g/mol. The molecule has 3 aromatic rings. The minimum atomic E-state index is -4.30. The van der Waals surface area contributed by atoms with Gasteiger partial charge in [-0.05, 0) is 29.8 Å². The summed E-state index contributed by atoms with van der Waals surface area (Å²) in [4.78, 5) is 6.17. The van der Waals surface area contributed by atoms with E-state index in [0.29, 0.717) is 13.1 Å². The highest BCUT2D eigenvalue weighted by Gasteiger charge is 2.30. The Kier molecular flexibility index (Phi) is 4.20. The molecule has 0 amide bonds. The Hall–Kier alpha value is -2.74. The summed E-state index contributed by atoms with van der Waals surface area (Å²) >= 11 is 0. The summed E-state index contributed by atoms with van der Waals surface area (Å²) in [5.41, 5.74) is 1.19. The molecule has 0 unspecified atom stereocenters. The number of hydrogen-bond donors (Lipinski definition) is 0. The summed E-state index contributed by atoms with van der Waals surface area (Å²) in [5.74, 6) is 1.67. The minimum Gasteiger partial charge on any atom is -0.309 e. The van der Waals surface area contributed by atoms with Crippen LogP contribution in [-0.4, -0.2) is 31.2 Å². The van der Waals surface area contributed by atoms with Crippen LogP contribution >= 0.6 is 0 Å². The summed E-state index contributed by atoms with van der Waals surface area (Å²) in [6, 6.07) is 9.11. The van der Waals surface area contributed by atoms with Gasteiger partial charge in [-0.1, -0.05) is 12.1 Å². The van der Waals surface area contributed by atoms with Gasteiger partial charge in [-0.3, -0.25) is 9.88 Å². The van der Waals surface area contributed by atoms with Crippen molar-refractivity contribution in [2.75, 3.05) is 6.54 Å². The van der Waals surface area contributed by atoms with Crippen LogP contribution in [0, 0.1) is 0 Å². The van der Waals surface area contributed by atoms with Crippen LogP contribution in [0.4, 0.5) is 13.2 Å². The molecule has 5 nitrogen and oxygen atoms in total. The van der Waals surface area contributed by atoms with Gasteiger partial charge in [0.1, 0.15) is 5.82 Å². The SMILES string of the molecule is FC(F)(F)c1ccc(CN2CCn3c(nnc3-c3ccncc3)C2)cc1. The number of rotatable bonds is 3. The van der Waals surface area contributed by atoms with E-state index in [1.165, 1.54) is 12.1 Å². The molecule has 1 aromatic carbocycles. The second kappa shape index (κ2) is 6.53. The number of benzene rings is 1. The first-order chi connectivity index (χ1) is 12.5. The average Bonchev–Trinajstić information content (AvgIpc) is 3.05. The van der Waals surface area contributed by atoms with Gasteiger partial charge in [-0.15, -0.1) is 10.2 Å². The predicted octanol–water partition coefficient (Wildman–Crippen LogP) is 3.37. The second-order valence-corrected chi connectivity index (χ2v) is 6.23. The number of pyridine rings is 1. The van der Waals surface area contributed by atoms with Crippen LogP contribution in [0.2, 0.25) is 0 Å². The van der Waals surface area contributed by atoms with Crippen molar-refractivity contribution in [3.05, 3.63) is 65.7 Å². The van der Waals surface area contributed by atoms with E-state index < -0.39 is 11.7 Å². The van der Waals surface area contributed by atoms with E-state index in [9.17, 15) is 13.2 Å². The maximum Gasteiger partial charge on any atom is 0.416 e. The van der Waals surface area contributed by atoms with Crippen molar-refractivity contribution in [2.24, 2.45) is 0 Å². The van der Waals surface area contributed by atoms with Crippen LogP contribution in [0.15, 0.2) is 48.8 Å². The quantitative estimate of drug-likeness (QED) is 0.719. The summed E-state index contributed by atoms with van der Waals surface area (Å²) in [6.07, 6.45) is -0.864. The van der Waals surface area contributed by atoms with E-state index in [1.54, 1.807) is 12.4 Å². The van der Waals surface area contributed by atoms with Crippen LogP contribution in [0.25, 0.3) is 11.4 Å². The Balaban J connectivity index is 1.47. The number of aromatic nitrogens is 4. The normalized spacial score (nSPS) is 15.0. The van der Waals surface area contributed by atoms with Crippen LogP contribution in [0.5, 0.6) is 0 Å². The van der Waals surface area contributed by atoms with E-state index in [1.807, 2.05) is 12.1 Å². The zero-order chi connectivity index (χ0) is 18.1. The fourth-order valence-corrected chi connectivity index (χ4v) is 3.11. The molecular weight excluding hydrogens is 343 g/mol. The van der Waals surface area contributed by atoms with Crippen molar-refractivity contribution < 1.29 is 13.2 Å². The van der Waals surface area contributed by atoms with E-state index in [0.717, 1.165) is 48.0 Å². The summed E-state index contributed by atoms with van der Waals surface area (Å²) in [6.45, 7) is 2.71. The molecule has 0 bridgehead atoms. The van der Waals surface area contributed by atoms with Crippen molar-refractivity contribution in [1.82, 2.24) is 24.6 Å². The van der Waals surface area contributed by atoms with E-state index in [2.05, 4.69) is 24.6 Å². The lowest BCUT2D eigenvalue weighted by molar-refractivity contribution is -0.137. The molecule has 26 heavy (non-hydrogen) atoms. The Morgan fingerprint density at radius 1 is 0.923 bits per heavy atom. The van der Waals surface area contributed by atoms with E-state index in [4.69, 9.17) is 0 Å². The van der Waals surface area contributed by atoms with Gasteiger partial charge in [-0.2, -0.15) is 13.2 Å². The maximum atomic E-state index is 12.7. The van der Waals surface area contributed by atoms with Gasteiger partial charge in [-0.25, -0.2) is 0 Å². The first-order valence-electron chi connectivity index (χ1n) is 8.22. The molecule has 0 spiro atoms. The van der Waals surface area contributed by atoms with Gasteiger partial charge in [0.05, 0.1) is 12.1 Å². The minimum absolute atomic E-state index is 0.579. The van der Waals surface area contributed by atoms with Crippen molar-refractivity contribution in [3.63, 3.8) is 0 Å². The van der Waals surface area contributed by atoms with Gasteiger partial charge in [0, 0.05) is 37.6 Å². The van der Waals surface area contributed by atoms with E-state index in [-0.39, 0.29) is 0 Å². The lowest BCUT2D eigenvalue weighted by atomic mass is 10.1. The third kappa shape index (κ3) is 3.32. The third-order valence-electron chi connectivity index (χ3n) is 4.46. The molecule has 134 valence electrons. The fourth-order valence-electron chi connectivity index (χ4n) is 3.11. The van der Waals surface area contributed by atoms with Gasteiger partial charge in [0.15, 0.2) is 5.82 Å². The Morgan fingerprint density at radius 2 is 1.65 bits per heavy atom. The fraction of sp³-hybridized carbons (Fsp3) is 0.278. The predicted molar refractivity (Wildman–Crippen MR) is 88.8 cm³/mol. The van der Waals surface area contributed by atoms with Crippen LogP contribution < -0.4 is 0 Å². The van der Waals surface area contributed by atoms with Crippen LogP contribution in [-0.2, 0) is 25.8 Å². The van der Waals surface area contributed by atoms with Crippen molar-refractivity contribution in [3.8, 4) is 11.4 Å². The molecule has 0 saturated heterocycles. The molecule has 4 rings (SSSR count). The molecule has 0 N–H and O–H groups in total. The highest BCUT2D eigenvalue weighted by molar-refractivity contribution is 5.54. The zero-order valence-corrected chi connectivity index (χ0v) is 13.8. The number of hydrogen-bond acceptors (Lipinski definition) is 4. The Labute approximate surface area is 148 Å². The summed E-state index contributed by atoms with van der Waals surface area (Å²) in [5, 5.41) is 8.56. The summed E-state index contributed by atoms with van der Waals surface area (Å²) in [7, 11) is 0. The number of fused-ring (bicyclic) bond motifs is 1. The molecule has 0 atom stereocenters.